The number of thioether (sulfide) groups is 1. The van der Waals surface area contributed by atoms with Gasteiger partial charge in [0.1, 0.15) is 0 Å². The Balaban J connectivity index is 1.15. The average Bonchev–Trinajstić information content (AvgIpc) is 3.73. The minimum Gasteiger partial charge on any atom is -0.314 e. The van der Waals surface area contributed by atoms with Gasteiger partial charge >= 0.3 is 0 Å². The van der Waals surface area contributed by atoms with Crippen molar-refractivity contribution in [3.05, 3.63) is 121 Å². The zero-order valence-electron chi connectivity index (χ0n) is 49.9. The van der Waals surface area contributed by atoms with Crippen molar-refractivity contribution >= 4 is 57.8 Å². The first-order valence-electron chi connectivity index (χ1n) is 30.4. The highest BCUT2D eigenvalue weighted by molar-refractivity contribution is 8.06. The van der Waals surface area contributed by atoms with Gasteiger partial charge in [0.25, 0.3) is 6.71 Å². The smallest absolute Gasteiger partial charge is 0.259 e. The highest BCUT2D eigenvalue weighted by Crippen LogP contribution is 2.64. The lowest BCUT2D eigenvalue weighted by atomic mass is 9.36. The molecule has 396 valence electrons. The minimum atomic E-state index is 0.0829. The summed E-state index contributed by atoms with van der Waals surface area (Å²) in [5.74, 6) is 1.58. The number of rotatable bonds is 3. The Morgan fingerprint density at radius 3 is 1.60 bits per heavy atom. The SMILES string of the molecule is Cc1cc2c(cc1N1c3cc4c(cc3B3C5=C(C6CC7C(=CC6S5)C(C)(C)CCC7(C)C)N(c5ccc6c(c5)C(C)(C)CCC6(C)C)c5cc(C6CCCCC6)cc1c53)C(C)(C)CCC4(C)C)C(C)(C)CCC2(C)C. The fraction of sp³-hybridized carbons (Fsp3) is 0.606. The predicted octanol–water partition coefficient (Wildman–Crippen LogP) is 18.9. The molecule has 3 aliphatic heterocycles. The van der Waals surface area contributed by atoms with Gasteiger partial charge in [0.15, 0.2) is 0 Å². The summed E-state index contributed by atoms with van der Waals surface area (Å²) >= 11 is 2.30. The number of anilines is 5. The lowest BCUT2D eigenvalue weighted by molar-refractivity contribution is 0.100. The fourth-order valence-corrected chi connectivity index (χ4v) is 19.2. The molecule has 3 atom stereocenters. The second-order valence-corrected chi connectivity index (χ2v) is 33.0. The molecule has 75 heavy (non-hydrogen) atoms. The maximum absolute atomic E-state index is 2.96. The standard InChI is InChI=1S/C71H93BN2S/c1-42-33-48-52(69(12,13)30-27-65(48,4)5)39-56(42)74-57-40-53-51(68(10,11)29-31-70(53,14)15)38-55(57)72-61-58(34-44(35-59(61)74)43-21-19-18-20-22-43)73(45-23-24-47-49(36-45)66(6,7)26-25-64(47,2)3)62-46-37-50-54(41-60(46)75-63(62)72)71(16,17)32-28-67(50,8)9/h23-24,33-36,38-41,43,46,50,60H,18-22,25-32,37H2,1-17H3. The molecule has 2 fully saturated rings. The van der Waals surface area contributed by atoms with Crippen molar-refractivity contribution in [1.82, 2.24) is 0 Å². The van der Waals surface area contributed by atoms with Crippen LogP contribution in [0.25, 0.3) is 0 Å². The van der Waals surface area contributed by atoms with E-state index in [1.165, 1.54) is 124 Å². The second-order valence-electron chi connectivity index (χ2n) is 31.8. The summed E-state index contributed by atoms with van der Waals surface area (Å²) in [5, 5.41) is 0.420. The predicted molar refractivity (Wildman–Crippen MR) is 326 cm³/mol. The quantitative estimate of drug-likeness (QED) is 0.149. The van der Waals surface area contributed by atoms with Gasteiger partial charge in [-0.3, -0.25) is 0 Å². The van der Waals surface area contributed by atoms with E-state index in [0.29, 0.717) is 23.0 Å². The highest BCUT2D eigenvalue weighted by atomic mass is 32.2. The summed E-state index contributed by atoms with van der Waals surface area (Å²) in [7, 11) is 0. The number of allylic oxidation sites excluding steroid dienone is 2. The molecule has 2 nitrogen and oxygen atoms in total. The molecule has 4 heteroatoms. The number of nitrogens with zero attached hydrogens (tertiary/aromatic N) is 2. The molecule has 0 radical (unpaired) electrons. The average molecular weight is 1020 g/mol. The normalized spacial score (nSPS) is 28.4. The van der Waals surface area contributed by atoms with Crippen molar-refractivity contribution in [2.75, 3.05) is 9.80 Å². The van der Waals surface area contributed by atoms with E-state index >= 15 is 0 Å². The number of hydrogen-bond acceptors (Lipinski definition) is 3. The van der Waals surface area contributed by atoms with E-state index in [1.807, 2.05) is 0 Å². The van der Waals surface area contributed by atoms with Crippen LogP contribution in [0.15, 0.2) is 76.7 Å². The number of aryl methyl sites for hydroxylation is 1. The van der Waals surface area contributed by atoms with Gasteiger partial charge in [-0.15, -0.1) is 11.8 Å². The van der Waals surface area contributed by atoms with Gasteiger partial charge in [-0.2, -0.15) is 0 Å². The zero-order valence-corrected chi connectivity index (χ0v) is 50.7. The Morgan fingerprint density at radius 1 is 0.493 bits per heavy atom. The lowest BCUT2D eigenvalue weighted by Crippen LogP contribution is -2.56. The van der Waals surface area contributed by atoms with Gasteiger partial charge in [-0.1, -0.05) is 160 Å². The Morgan fingerprint density at radius 2 is 1.00 bits per heavy atom. The van der Waals surface area contributed by atoms with E-state index in [0.717, 1.165) is 0 Å². The van der Waals surface area contributed by atoms with E-state index in [2.05, 4.69) is 200 Å². The highest BCUT2D eigenvalue weighted by Gasteiger charge is 2.57. The second kappa shape index (κ2) is 16.2. The van der Waals surface area contributed by atoms with E-state index in [-0.39, 0.29) is 50.0 Å². The van der Waals surface area contributed by atoms with Crippen LogP contribution in [0.3, 0.4) is 0 Å². The first-order valence-corrected chi connectivity index (χ1v) is 31.3. The Hall–Kier alpha value is -3.63. The molecule has 13 rings (SSSR count). The van der Waals surface area contributed by atoms with Crippen molar-refractivity contribution < 1.29 is 0 Å². The van der Waals surface area contributed by atoms with E-state index < -0.39 is 0 Å². The van der Waals surface area contributed by atoms with Crippen LogP contribution in [0.2, 0.25) is 0 Å². The Kier molecular flexibility index (Phi) is 11.0. The molecule has 2 saturated carbocycles. The van der Waals surface area contributed by atoms with Crippen molar-refractivity contribution in [3.8, 4) is 0 Å². The molecule has 3 unspecified atom stereocenters. The summed E-state index contributed by atoms with van der Waals surface area (Å²) in [6, 6.07) is 24.5. The molecule has 0 spiro atoms. The third-order valence-corrected chi connectivity index (χ3v) is 24.6. The van der Waals surface area contributed by atoms with Gasteiger partial charge in [0, 0.05) is 45.3 Å². The molecular formula is C71H93BN2S. The molecule has 6 aliphatic carbocycles. The molecule has 4 aromatic rings. The van der Waals surface area contributed by atoms with Crippen molar-refractivity contribution in [2.24, 2.45) is 22.7 Å². The summed E-state index contributed by atoms with van der Waals surface area (Å²) in [6.45, 7) is 43.4. The van der Waals surface area contributed by atoms with Gasteiger partial charge in [-0.05, 0) is 229 Å². The lowest BCUT2D eigenvalue weighted by Gasteiger charge is -2.53. The van der Waals surface area contributed by atoms with Crippen LogP contribution >= 0.6 is 11.8 Å². The molecule has 0 aromatic heterocycles. The zero-order chi connectivity index (χ0) is 53.1. The maximum atomic E-state index is 2.96. The maximum Gasteiger partial charge on any atom is 0.259 e. The summed E-state index contributed by atoms with van der Waals surface area (Å²) < 4.78 is 0. The van der Waals surface area contributed by atoms with Crippen molar-refractivity contribution in [2.45, 2.75) is 251 Å². The summed E-state index contributed by atoms with van der Waals surface area (Å²) in [5.41, 5.74) is 27.2. The molecule has 9 aliphatic rings. The molecule has 0 N–H and O–H groups in total. The van der Waals surface area contributed by atoms with Crippen LogP contribution in [0.1, 0.15) is 251 Å². The largest absolute Gasteiger partial charge is 0.314 e. The molecule has 3 heterocycles. The van der Waals surface area contributed by atoms with Gasteiger partial charge in [0.2, 0.25) is 0 Å². The van der Waals surface area contributed by atoms with E-state index in [1.54, 1.807) is 65.9 Å². The van der Waals surface area contributed by atoms with Crippen LogP contribution in [0.4, 0.5) is 28.4 Å². The summed E-state index contributed by atoms with van der Waals surface area (Å²) in [4.78, 5) is 7.50. The number of benzene rings is 4. The van der Waals surface area contributed by atoms with E-state index in [4.69, 9.17) is 0 Å². The Bertz CT molecular complexity index is 3160. The Labute approximate surface area is 460 Å². The van der Waals surface area contributed by atoms with Crippen molar-refractivity contribution in [1.29, 1.82) is 0 Å². The summed E-state index contributed by atoms with van der Waals surface area (Å²) in [6.07, 6.45) is 20.6. The van der Waals surface area contributed by atoms with Crippen LogP contribution in [-0.2, 0) is 32.5 Å². The number of hydrogen-bond donors (Lipinski definition) is 0. The molecule has 0 bridgehead atoms. The minimum absolute atomic E-state index is 0.0829. The van der Waals surface area contributed by atoms with Gasteiger partial charge in [-0.25, -0.2) is 0 Å². The van der Waals surface area contributed by atoms with Gasteiger partial charge < -0.3 is 9.80 Å². The third-order valence-electron chi connectivity index (χ3n) is 23.2. The first-order chi connectivity index (χ1) is 35.0. The molecule has 0 saturated heterocycles. The molecular weight excluding hydrogens is 924 g/mol. The third kappa shape index (κ3) is 7.51. The van der Waals surface area contributed by atoms with Crippen LogP contribution in [0, 0.1) is 29.6 Å². The van der Waals surface area contributed by atoms with Crippen LogP contribution in [0.5, 0.6) is 0 Å². The topological polar surface area (TPSA) is 6.48 Å². The molecule has 4 aromatic carbocycles. The van der Waals surface area contributed by atoms with Crippen molar-refractivity contribution in [3.63, 3.8) is 0 Å². The van der Waals surface area contributed by atoms with Crippen LogP contribution < -0.4 is 20.7 Å². The fourth-order valence-electron chi connectivity index (χ4n) is 17.5. The first kappa shape index (κ1) is 50.9. The van der Waals surface area contributed by atoms with E-state index in [9.17, 15) is 0 Å². The van der Waals surface area contributed by atoms with Gasteiger partial charge in [0.05, 0.1) is 0 Å². The monoisotopic (exact) mass is 1020 g/mol. The number of fused-ring (bicyclic) bond motifs is 9. The molecule has 0 amide bonds. The van der Waals surface area contributed by atoms with Crippen LogP contribution in [-0.4, -0.2) is 12.0 Å².